The number of amides is 1. The lowest BCUT2D eigenvalue weighted by Crippen LogP contribution is -2.43. The SMILES string of the molecule is CC(C)(C)OC(=O)N1CCC2(CCN(c3ccc(B4OC(C)(C)C(C)(C)O4)c(F)c3)CC2)C1. The Morgan fingerprint density at radius 1 is 1.03 bits per heavy atom. The Morgan fingerprint density at radius 2 is 1.61 bits per heavy atom. The van der Waals surface area contributed by atoms with E-state index in [4.69, 9.17) is 14.0 Å². The predicted octanol–water partition coefficient (Wildman–Crippen LogP) is 4.35. The van der Waals surface area contributed by atoms with Crippen LogP contribution in [0, 0.1) is 11.2 Å². The van der Waals surface area contributed by atoms with Gasteiger partial charge >= 0.3 is 13.2 Å². The van der Waals surface area contributed by atoms with Gasteiger partial charge in [-0.25, -0.2) is 9.18 Å². The number of hydrogen-bond acceptors (Lipinski definition) is 5. The van der Waals surface area contributed by atoms with Crippen LogP contribution in [0.3, 0.4) is 0 Å². The van der Waals surface area contributed by atoms with E-state index in [9.17, 15) is 4.79 Å². The average Bonchev–Trinajstić information content (AvgIpc) is 3.19. The van der Waals surface area contributed by atoms with E-state index in [1.807, 2.05) is 59.4 Å². The summed E-state index contributed by atoms with van der Waals surface area (Å²) in [6.45, 7) is 16.7. The molecular weight excluding hydrogens is 422 g/mol. The van der Waals surface area contributed by atoms with Crippen LogP contribution in [0.1, 0.15) is 67.7 Å². The van der Waals surface area contributed by atoms with Gasteiger partial charge in [0, 0.05) is 37.3 Å². The van der Waals surface area contributed by atoms with Gasteiger partial charge in [0.05, 0.1) is 11.2 Å². The summed E-state index contributed by atoms with van der Waals surface area (Å²) >= 11 is 0. The van der Waals surface area contributed by atoms with Crippen molar-refractivity contribution in [1.29, 1.82) is 0 Å². The van der Waals surface area contributed by atoms with E-state index in [-0.39, 0.29) is 17.3 Å². The second kappa shape index (κ2) is 8.16. The van der Waals surface area contributed by atoms with Crippen LogP contribution in [0.25, 0.3) is 0 Å². The van der Waals surface area contributed by atoms with Crippen LogP contribution in [-0.2, 0) is 14.0 Å². The largest absolute Gasteiger partial charge is 0.497 e. The third-order valence-corrected chi connectivity index (χ3v) is 7.77. The third-order valence-electron chi connectivity index (χ3n) is 7.77. The van der Waals surface area contributed by atoms with Gasteiger partial charge in [-0.05, 0) is 85.3 Å². The second-order valence-corrected chi connectivity index (χ2v) is 11.9. The Morgan fingerprint density at radius 3 is 2.15 bits per heavy atom. The maximum atomic E-state index is 15.1. The molecule has 0 radical (unpaired) electrons. The highest BCUT2D eigenvalue weighted by Gasteiger charge is 2.52. The number of rotatable bonds is 2. The summed E-state index contributed by atoms with van der Waals surface area (Å²) in [4.78, 5) is 16.5. The highest BCUT2D eigenvalue weighted by molar-refractivity contribution is 6.62. The fraction of sp³-hybridized carbons (Fsp3) is 0.720. The van der Waals surface area contributed by atoms with Crippen LogP contribution in [-0.4, -0.2) is 61.1 Å². The minimum absolute atomic E-state index is 0.134. The third kappa shape index (κ3) is 4.88. The lowest BCUT2D eigenvalue weighted by atomic mass is 9.77. The Hall–Kier alpha value is -1.80. The Balaban J connectivity index is 1.37. The van der Waals surface area contributed by atoms with Crippen LogP contribution in [0.4, 0.5) is 14.9 Å². The Labute approximate surface area is 197 Å². The van der Waals surface area contributed by atoms with Gasteiger partial charge in [-0.1, -0.05) is 6.07 Å². The van der Waals surface area contributed by atoms with Gasteiger partial charge in [0.25, 0.3) is 0 Å². The molecule has 3 aliphatic heterocycles. The molecule has 8 heteroatoms. The van der Waals surface area contributed by atoms with Crippen molar-refractivity contribution < 1.29 is 23.2 Å². The van der Waals surface area contributed by atoms with Crippen molar-refractivity contribution in [2.45, 2.75) is 84.5 Å². The van der Waals surface area contributed by atoms with Crippen LogP contribution in [0.2, 0.25) is 0 Å². The Kier molecular flexibility index (Phi) is 6.01. The fourth-order valence-electron chi connectivity index (χ4n) is 4.94. The normalized spacial score (nSPS) is 23.9. The molecule has 0 aliphatic carbocycles. The molecular formula is C25H38BFN2O4. The number of ether oxygens (including phenoxy) is 1. The molecule has 1 amide bonds. The molecule has 0 unspecified atom stereocenters. The summed E-state index contributed by atoms with van der Waals surface area (Å²) in [5.41, 5.74) is -0.0304. The maximum absolute atomic E-state index is 15.1. The highest BCUT2D eigenvalue weighted by Crippen LogP contribution is 2.42. The molecule has 1 aromatic rings. The standard InChI is InChI=1S/C25H38BFN2O4/c1-22(2,3)31-21(30)29-15-12-25(17-29)10-13-28(14-11-25)18-8-9-19(20(27)16-18)26-32-23(4,5)24(6,7)33-26/h8-9,16H,10-15,17H2,1-7H3. The zero-order valence-electron chi connectivity index (χ0n) is 21.2. The van der Waals surface area contributed by atoms with E-state index in [1.54, 1.807) is 12.1 Å². The molecule has 33 heavy (non-hydrogen) atoms. The molecule has 0 N–H and O–H groups in total. The van der Waals surface area contributed by atoms with Gasteiger partial charge in [0.2, 0.25) is 0 Å². The second-order valence-electron chi connectivity index (χ2n) is 11.9. The van der Waals surface area contributed by atoms with Gasteiger partial charge in [0.1, 0.15) is 11.4 Å². The van der Waals surface area contributed by atoms with Gasteiger partial charge in [-0.3, -0.25) is 0 Å². The van der Waals surface area contributed by atoms with Crippen molar-refractivity contribution in [3.63, 3.8) is 0 Å². The van der Waals surface area contributed by atoms with Crippen LogP contribution in [0.15, 0.2) is 18.2 Å². The summed E-state index contributed by atoms with van der Waals surface area (Å²) in [5, 5.41) is 0. The number of benzene rings is 1. The van der Waals surface area contributed by atoms with Gasteiger partial charge in [-0.2, -0.15) is 0 Å². The minimum Gasteiger partial charge on any atom is -0.444 e. The summed E-state index contributed by atoms with van der Waals surface area (Å²) in [6.07, 6.45) is 2.73. The smallest absolute Gasteiger partial charge is 0.444 e. The summed E-state index contributed by atoms with van der Waals surface area (Å²) in [5.74, 6) is -0.303. The van der Waals surface area contributed by atoms with Crippen LogP contribution in [0.5, 0.6) is 0 Å². The molecule has 4 rings (SSSR count). The number of likely N-dealkylation sites (tertiary alicyclic amines) is 1. The van der Waals surface area contributed by atoms with Crippen LogP contribution >= 0.6 is 0 Å². The van der Waals surface area contributed by atoms with Crippen molar-refractivity contribution in [3.8, 4) is 0 Å². The maximum Gasteiger partial charge on any atom is 0.497 e. The number of halogens is 1. The zero-order valence-corrected chi connectivity index (χ0v) is 21.2. The first kappa shape index (κ1) is 24.3. The topological polar surface area (TPSA) is 51.2 Å². The Bertz CT molecular complexity index is 890. The predicted molar refractivity (Wildman–Crippen MR) is 128 cm³/mol. The van der Waals surface area contributed by atoms with Crippen molar-refractivity contribution >= 4 is 24.4 Å². The van der Waals surface area contributed by atoms with Gasteiger partial charge in [0.15, 0.2) is 0 Å². The summed E-state index contributed by atoms with van der Waals surface area (Å²) in [7, 11) is -0.703. The van der Waals surface area contributed by atoms with Crippen LogP contribution < -0.4 is 10.4 Å². The first-order valence-electron chi connectivity index (χ1n) is 12.1. The average molecular weight is 460 g/mol. The van der Waals surface area contributed by atoms with Crippen molar-refractivity contribution in [3.05, 3.63) is 24.0 Å². The molecule has 3 fully saturated rings. The van der Waals surface area contributed by atoms with Crippen molar-refractivity contribution in [2.24, 2.45) is 5.41 Å². The molecule has 1 aromatic carbocycles. The number of carbonyl (C=O) groups is 1. The van der Waals surface area contributed by atoms with Crippen molar-refractivity contribution in [1.82, 2.24) is 4.90 Å². The van der Waals surface area contributed by atoms with Gasteiger partial charge in [-0.15, -0.1) is 0 Å². The van der Waals surface area contributed by atoms with E-state index < -0.39 is 23.9 Å². The molecule has 0 aromatic heterocycles. The molecule has 6 nitrogen and oxygen atoms in total. The summed E-state index contributed by atoms with van der Waals surface area (Å²) < 4.78 is 32.7. The molecule has 0 saturated carbocycles. The fourth-order valence-corrected chi connectivity index (χ4v) is 4.94. The summed E-state index contributed by atoms with van der Waals surface area (Å²) in [6, 6.07) is 5.35. The lowest BCUT2D eigenvalue weighted by Gasteiger charge is -2.40. The molecule has 3 saturated heterocycles. The van der Waals surface area contributed by atoms with E-state index in [1.165, 1.54) is 0 Å². The monoisotopic (exact) mass is 460 g/mol. The number of anilines is 1. The zero-order chi connectivity index (χ0) is 24.2. The minimum atomic E-state index is -0.703. The number of piperidine rings is 1. The molecule has 0 bridgehead atoms. The highest BCUT2D eigenvalue weighted by atomic mass is 19.1. The molecule has 3 heterocycles. The molecule has 0 atom stereocenters. The van der Waals surface area contributed by atoms with E-state index in [0.717, 1.165) is 51.1 Å². The van der Waals surface area contributed by atoms with E-state index >= 15 is 4.39 Å². The van der Waals surface area contributed by atoms with Crippen molar-refractivity contribution in [2.75, 3.05) is 31.1 Å². The van der Waals surface area contributed by atoms with Gasteiger partial charge < -0.3 is 23.8 Å². The first-order chi connectivity index (χ1) is 15.2. The lowest BCUT2D eigenvalue weighted by molar-refractivity contribution is 0.00578. The number of carbonyl (C=O) groups excluding carboxylic acids is 1. The quantitative estimate of drug-likeness (QED) is 0.615. The molecule has 1 spiro atoms. The number of nitrogens with zero attached hydrogens (tertiary/aromatic N) is 2. The van der Waals surface area contributed by atoms with E-state index in [0.29, 0.717) is 5.46 Å². The first-order valence-corrected chi connectivity index (χ1v) is 12.1. The molecule has 182 valence electrons. The van der Waals surface area contributed by atoms with E-state index in [2.05, 4.69) is 4.90 Å². The number of hydrogen-bond donors (Lipinski definition) is 0. The molecule has 3 aliphatic rings.